The average Bonchev–Trinajstić information content (AvgIpc) is 3.12. The van der Waals surface area contributed by atoms with Crippen LogP contribution in [0.2, 0.25) is 10.0 Å². The summed E-state index contributed by atoms with van der Waals surface area (Å²) < 4.78 is 42.0. The Bertz CT molecular complexity index is 904. The molecule has 2 aromatic carbocycles. The summed E-state index contributed by atoms with van der Waals surface area (Å²) in [7, 11) is 0. The zero-order valence-electron chi connectivity index (χ0n) is 13.2. The standard InChI is InChI=1S/C18H12Cl2F3N3/c19-13-4-8-17(20)15(9-13)16(18(21,22)23)7-3-12-1-5-14(6-2-12)26-11-24-10-25-26/h1-11,16H/b7-3+. The molecule has 0 bridgehead atoms. The van der Waals surface area contributed by atoms with E-state index in [9.17, 15) is 13.2 Å². The number of aromatic nitrogens is 3. The highest BCUT2D eigenvalue weighted by Crippen LogP contribution is 2.40. The molecule has 0 N–H and O–H groups in total. The van der Waals surface area contributed by atoms with Crippen molar-refractivity contribution in [2.45, 2.75) is 12.1 Å². The number of benzene rings is 2. The van der Waals surface area contributed by atoms with Crippen molar-refractivity contribution in [1.82, 2.24) is 14.8 Å². The second-order valence-corrected chi connectivity index (χ2v) is 6.32. The fraction of sp³-hybridized carbons (Fsp3) is 0.111. The van der Waals surface area contributed by atoms with E-state index in [1.807, 2.05) is 0 Å². The Morgan fingerprint density at radius 2 is 1.77 bits per heavy atom. The number of alkyl halides is 3. The quantitative estimate of drug-likeness (QED) is 0.545. The molecule has 0 spiro atoms. The average molecular weight is 398 g/mol. The van der Waals surface area contributed by atoms with Crippen molar-refractivity contribution < 1.29 is 13.2 Å². The SMILES string of the molecule is FC(F)(F)C(/C=C/c1ccc(-n2cncn2)cc1)c1cc(Cl)ccc1Cl. The molecule has 0 aliphatic heterocycles. The van der Waals surface area contributed by atoms with Gasteiger partial charge in [0.15, 0.2) is 0 Å². The van der Waals surface area contributed by atoms with Crippen LogP contribution < -0.4 is 0 Å². The summed E-state index contributed by atoms with van der Waals surface area (Å²) in [4.78, 5) is 3.85. The summed E-state index contributed by atoms with van der Waals surface area (Å²) in [5.74, 6) is -1.86. The molecule has 134 valence electrons. The Morgan fingerprint density at radius 1 is 1.04 bits per heavy atom. The second kappa shape index (κ2) is 7.51. The van der Waals surface area contributed by atoms with E-state index in [-0.39, 0.29) is 15.6 Å². The topological polar surface area (TPSA) is 30.7 Å². The van der Waals surface area contributed by atoms with E-state index in [0.29, 0.717) is 5.56 Å². The monoisotopic (exact) mass is 397 g/mol. The molecule has 0 aliphatic rings. The molecule has 3 aromatic rings. The normalized spacial score (nSPS) is 13.3. The third-order valence-corrected chi connectivity index (χ3v) is 4.28. The van der Waals surface area contributed by atoms with Crippen molar-refractivity contribution in [3.8, 4) is 5.69 Å². The van der Waals surface area contributed by atoms with Gasteiger partial charge in [-0.25, -0.2) is 9.67 Å². The van der Waals surface area contributed by atoms with E-state index >= 15 is 0 Å². The van der Waals surface area contributed by atoms with Crippen LogP contribution in [0.1, 0.15) is 17.0 Å². The van der Waals surface area contributed by atoms with E-state index < -0.39 is 12.1 Å². The predicted octanol–water partition coefficient (Wildman–Crippen LogP) is 5.93. The molecule has 1 aromatic heterocycles. The molecule has 1 heterocycles. The molecule has 1 unspecified atom stereocenters. The molecule has 0 saturated carbocycles. The number of halogens is 5. The van der Waals surface area contributed by atoms with Crippen LogP contribution in [-0.4, -0.2) is 20.9 Å². The van der Waals surface area contributed by atoms with Gasteiger partial charge in [0.1, 0.15) is 12.7 Å². The largest absolute Gasteiger partial charge is 0.399 e. The van der Waals surface area contributed by atoms with Crippen molar-refractivity contribution >= 4 is 29.3 Å². The Kier molecular flexibility index (Phi) is 5.34. The van der Waals surface area contributed by atoms with Crippen LogP contribution in [0.25, 0.3) is 11.8 Å². The maximum atomic E-state index is 13.5. The first-order valence-electron chi connectivity index (χ1n) is 7.49. The second-order valence-electron chi connectivity index (χ2n) is 5.48. The molecule has 0 saturated heterocycles. The molecule has 0 fully saturated rings. The highest BCUT2D eigenvalue weighted by molar-refractivity contribution is 6.33. The zero-order valence-corrected chi connectivity index (χ0v) is 14.7. The number of hydrogen-bond donors (Lipinski definition) is 0. The van der Waals surface area contributed by atoms with E-state index in [1.54, 1.807) is 28.9 Å². The van der Waals surface area contributed by atoms with Gasteiger partial charge in [-0.1, -0.05) is 47.5 Å². The van der Waals surface area contributed by atoms with Gasteiger partial charge in [-0.15, -0.1) is 0 Å². The minimum atomic E-state index is -4.49. The summed E-state index contributed by atoms with van der Waals surface area (Å²) in [6.07, 6.45) is 0.913. The van der Waals surface area contributed by atoms with Crippen molar-refractivity contribution in [2.24, 2.45) is 0 Å². The third kappa shape index (κ3) is 4.26. The minimum absolute atomic E-state index is 0.0166. The number of rotatable bonds is 4. The lowest BCUT2D eigenvalue weighted by Crippen LogP contribution is -2.19. The van der Waals surface area contributed by atoms with Crippen LogP contribution >= 0.6 is 23.2 Å². The van der Waals surface area contributed by atoms with Crippen LogP contribution in [0.5, 0.6) is 0 Å². The first-order chi connectivity index (χ1) is 12.3. The van der Waals surface area contributed by atoms with Crippen molar-refractivity contribution in [2.75, 3.05) is 0 Å². The fourth-order valence-corrected chi connectivity index (χ4v) is 2.84. The first-order valence-corrected chi connectivity index (χ1v) is 8.25. The molecule has 0 aliphatic carbocycles. The lowest BCUT2D eigenvalue weighted by molar-refractivity contribution is -0.139. The first kappa shape index (κ1) is 18.5. The maximum Gasteiger partial charge on any atom is 0.399 e. The molecule has 8 heteroatoms. The van der Waals surface area contributed by atoms with E-state index in [1.165, 1.54) is 36.9 Å². The van der Waals surface area contributed by atoms with Gasteiger partial charge in [-0.05, 0) is 41.5 Å². The lowest BCUT2D eigenvalue weighted by atomic mass is 9.97. The van der Waals surface area contributed by atoms with Gasteiger partial charge in [0, 0.05) is 10.0 Å². The van der Waals surface area contributed by atoms with Gasteiger partial charge < -0.3 is 0 Å². The molecule has 0 radical (unpaired) electrons. The Labute approximate surface area is 157 Å². The highest BCUT2D eigenvalue weighted by atomic mass is 35.5. The van der Waals surface area contributed by atoms with Crippen LogP contribution in [0, 0.1) is 0 Å². The Balaban J connectivity index is 1.88. The summed E-state index contributed by atoms with van der Waals surface area (Å²) >= 11 is 11.8. The van der Waals surface area contributed by atoms with Gasteiger partial charge in [0.05, 0.1) is 11.6 Å². The van der Waals surface area contributed by atoms with Crippen LogP contribution in [-0.2, 0) is 0 Å². The van der Waals surface area contributed by atoms with Crippen molar-refractivity contribution in [3.05, 3.63) is 82.4 Å². The Hall–Kier alpha value is -2.31. The van der Waals surface area contributed by atoms with Gasteiger partial charge in [0.25, 0.3) is 0 Å². The summed E-state index contributed by atoms with van der Waals surface area (Å²) in [6, 6.07) is 10.9. The minimum Gasteiger partial charge on any atom is -0.223 e. The highest BCUT2D eigenvalue weighted by Gasteiger charge is 2.40. The molecular formula is C18H12Cl2F3N3. The third-order valence-electron chi connectivity index (χ3n) is 3.70. The molecule has 0 amide bonds. The number of hydrogen-bond acceptors (Lipinski definition) is 2. The summed E-state index contributed by atoms with van der Waals surface area (Å²) in [6.45, 7) is 0. The molecule has 3 nitrogen and oxygen atoms in total. The van der Waals surface area contributed by atoms with Crippen molar-refractivity contribution in [1.29, 1.82) is 0 Å². The summed E-state index contributed by atoms with van der Waals surface area (Å²) in [5.41, 5.74) is 1.29. The van der Waals surface area contributed by atoms with E-state index in [2.05, 4.69) is 10.1 Å². The molecule has 1 atom stereocenters. The lowest BCUT2D eigenvalue weighted by Gasteiger charge is -2.19. The zero-order chi connectivity index (χ0) is 18.7. The number of nitrogens with zero attached hydrogens (tertiary/aromatic N) is 3. The van der Waals surface area contributed by atoms with E-state index in [4.69, 9.17) is 23.2 Å². The van der Waals surface area contributed by atoms with Gasteiger partial charge in [0.2, 0.25) is 0 Å². The van der Waals surface area contributed by atoms with Crippen LogP contribution in [0.15, 0.2) is 61.2 Å². The van der Waals surface area contributed by atoms with Crippen LogP contribution in [0.3, 0.4) is 0 Å². The molecule has 3 rings (SSSR count). The fourth-order valence-electron chi connectivity index (χ4n) is 2.43. The maximum absolute atomic E-state index is 13.5. The molecular weight excluding hydrogens is 386 g/mol. The summed E-state index contributed by atoms with van der Waals surface area (Å²) in [5, 5.41) is 4.21. The number of allylic oxidation sites excluding steroid dienone is 1. The van der Waals surface area contributed by atoms with Gasteiger partial charge >= 0.3 is 6.18 Å². The Morgan fingerprint density at radius 3 is 2.38 bits per heavy atom. The molecule has 26 heavy (non-hydrogen) atoms. The van der Waals surface area contributed by atoms with Gasteiger partial charge in [-0.3, -0.25) is 0 Å². The van der Waals surface area contributed by atoms with Crippen molar-refractivity contribution in [3.63, 3.8) is 0 Å². The van der Waals surface area contributed by atoms with E-state index in [0.717, 1.165) is 11.8 Å². The van der Waals surface area contributed by atoms with Crippen LogP contribution in [0.4, 0.5) is 13.2 Å². The predicted molar refractivity (Wildman–Crippen MR) is 95.7 cm³/mol. The van der Waals surface area contributed by atoms with Gasteiger partial charge in [-0.2, -0.15) is 18.3 Å². The smallest absolute Gasteiger partial charge is 0.223 e.